The van der Waals surface area contributed by atoms with Gasteiger partial charge in [0, 0.05) is 6.21 Å². The van der Waals surface area contributed by atoms with Crippen LogP contribution in [0.25, 0.3) is 0 Å². The molecule has 0 rings (SSSR count). The quantitative estimate of drug-likeness (QED) is 0.429. The molecule has 0 saturated heterocycles. The van der Waals surface area contributed by atoms with Gasteiger partial charge in [-0.15, -0.1) is 0 Å². The maximum atomic E-state index is 10.00. The summed E-state index contributed by atoms with van der Waals surface area (Å²) in [6, 6.07) is 0. The van der Waals surface area contributed by atoms with Gasteiger partial charge >= 0.3 is 0 Å². The van der Waals surface area contributed by atoms with Crippen LogP contribution in [0.15, 0.2) is 4.99 Å². The van der Waals surface area contributed by atoms with E-state index in [0.29, 0.717) is 0 Å². The first-order valence-corrected chi connectivity index (χ1v) is 4.17. The van der Waals surface area contributed by atoms with E-state index in [1.807, 2.05) is 0 Å². The first-order chi connectivity index (χ1) is 4.42. The van der Waals surface area contributed by atoms with Gasteiger partial charge in [0.25, 0.3) is 10.1 Å². The largest absolute Gasteiger partial charge is 0.372 e. The highest BCUT2D eigenvalue weighted by Gasteiger charge is 1.99. The fourth-order valence-electron chi connectivity index (χ4n) is 0.290. The molecule has 0 radical (unpaired) electrons. The molecule has 0 aromatic rings. The minimum Gasteiger partial charge on any atom is -0.372 e. The zero-order valence-corrected chi connectivity index (χ0v) is 6.24. The molecule has 5 nitrogen and oxygen atoms in total. The highest BCUT2D eigenvalue weighted by molar-refractivity contribution is 7.86. The van der Waals surface area contributed by atoms with Crippen molar-refractivity contribution in [1.82, 2.24) is 0 Å². The lowest BCUT2D eigenvalue weighted by molar-refractivity contribution is 0.206. The van der Waals surface area contributed by atoms with E-state index in [1.165, 1.54) is 6.92 Å². The van der Waals surface area contributed by atoms with Gasteiger partial charge in [0.2, 0.25) is 0 Å². The van der Waals surface area contributed by atoms with Crippen LogP contribution >= 0.6 is 0 Å². The molecule has 1 atom stereocenters. The molecular weight excluding hydrogens is 158 g/mol. The predicted molar refractivity (Wildman–Crippen MR) is 36.6 cm³/mol. The van der Waals surface area contributed by atoms with Gasteiger partial charge in [-0.3, -0.25) is 9.55 Å². The molecule has 0 aliphatic carbocycles. The number of hydrogen-bond donors (Lipinski definition) is 2. The van der Waals surface area contributed by atoms with Crippen LogP contribution in [0.3, 0.4) is 0 Å². The second kappa shape index (κ2) is 3.65. The second-order valence-corrected chi connectivity index (χ2v) is 3.21. The van der Waals surface area contributed by atoms with Crippen molar-refractivity contribution in [2.45, 2.75) is 13.2 Å². The van der Waals surface area contributed by atoms with Crippen LogP contribution in [-0.4, -0.2) is 36.3 Å². The van der Waals surface area contributed by atoms with E-state index in [-0.39, 0.29) is 0 Å². The Bertz CT molecular complexity index is 205. The first-order valence-electron chi connectivity index (χ1n) is 2.56. The molecule has 0 aliphatic heterocycles. The number of nitrogens with zero attached hydrogens (tertiary/aromatic N) is 1. The maximum Gasteiger partial charge on any atom is 0.270 e. The highest BCUT2D eigenvalue weighted by atomic mass is 32.2. The van der Waals surface area contributed by atoms with Crippen LogP contribution in [-0.2, 0) is 10.1 Å². The molecule has 10 heavy (non-hydrogen) atoms. The van der Waals surface area contributed by atoms with Crippen molar-refractivity contribution in [1.29, 1.82) is 0 Å². The molecule has 0 fully saturated rings. The predicted octanol–water partition coefficient (Wildman–Crippen LogP) is -0.717. The molecule has 60 valence electrons. The van der Waals surface area contributed by atoms with Crippen molar-refractivity contribution < 1.29 is 18.1 Å². The molecule has 0 saturated carbocycles. The lowest BCUT2D eigenvalue weighted by Crippen LogP contribution is -2.06. The second-order valence-electron chi connectivity index (χ2n) is 1.71. The van der Waals surface area contributed by atoms with E-state index >= 15 is 0 Å². The van der Waals surface area contributed by atoms with Gasteiger partial charge < -0.3 is 5.11 Å². The van der Waals surface area contributed by atoms with E-state index in [2.05, 4.69) is 4.99 Å². The van der Waals surface area contributed by atoms with Crippen LogP contribution in [0.2, 0.25) is 0 Å². The van der Waals surface area contributed by atoms with Gasteiger partial charge in [0.05, 0.1) is 0 Å². The molecule has 0 amide bonds. The summed E-state index contributed by atoms with van der Waals surface area (Å²) >= 11 is 0. The Morgan fingerprint density at radius 1 is 1.70 bits per heavy atom. The summed E-state index contributed by atoms with van der Waals surface area (Å²) < 4.78 is 28.1. The number of aliphatic hydroxyl groups excluding tert-OH is 1. The summed E-state index contributed by atoms with van der Waals surface area (Å²) in [7, 11) is -3.98. The fraction of sp³-hybridized carbons (Fsp3) is 0.750. The first kappa shape index (κ1) is 9.54. The monoisotopic (exact) mass is 167 g/mol. The fourth-order valence-corrected chi connectivity index (χ4v) is 0.564. The van der Waals surface area contributed by atoms with Crippen LogP contribution < -0.4 is 0 Å². The van der Waals surface area contributed by atoms with Crippen molar-refractivity contribution in [3.05, 3.63) is 0 Å². The van der Waals surface area contributed by atoms with Crippen molar-refractivity contribution in [3.8, 4) is 0 Å². The van der Waals surface area contributed by atoms with Gasteiger partial charge in [-0.1, -0.05) is 0 Å². The Morgan fingerprint density at radius 3 is 2.50 bits per heavy atom. The summed E-state index contributed by atoms with van der Waals surface area (Å²) in [5.74, 6) is -0.558. The lowest BCUT2D eigenvalue weighted by atomic mass is 10.7. The van der Waals surface area contributed by atoms with Crippen LogP contribution in [0.1, 0.15) is 6.92 Å². The summed E-state index contributed by atoms with van der Waals surface area (Å²) in [5.41, 5.74) is 0. The third kappa shape index (κ3) is 7.54. The molecule has 2 N–H and O–H groups in total. The van der Waals surface area contributed by atoms with Gasteiger partial charge in [0.1, 0.15) is 12.0 Å². The Balaban J connectivity index is 3.77. The summed E-state index contributed by atoms with van der Waals surface area (Å²) in [6.45, 7) is 1.38. The summed E-state index contributed by atoms with van der Waals surface area (Å²) in [5, 5.41) is 8.47. The van der Waals surface area contributed by atoms with E-state index in [9.17, 15) is 8.42 Å². The van der Waals surface area contributed by atoms with Crippen LogP contribution in [0.4, 0.5) is 0 Å². The number of hydrogen-bond acceptors (Lipinski definition) is 4. The Labute approximate surface area is 59.2 Å². The minimum atomic E-state index is -3.98. The molecule has 0 spiro atoms. The van der Waals surface area contributed by atoms with Gasteiger partial charge in [0.15, 0.2) is 0 Å². The molecule has 0 aromatic carbocycles. The SMILES string of the molecule is CC(O)/N=C/CS(=O)(=O)O. The third-order valence-corrected chi connectivity index (χ3v) is 1.18. The summed E-state index contributed by atoms with van der Waals surface area (Å²) in [4.78, 5) is 3.30. The lowest BCUT2D eigenvalue weighted by Gasteiger charge is -1.92. The number of aliphatic imine (C=N–C) groups is 1. The molecular formula is C4H9NO4S. The Hall–Kier alpha value is -0.460. The van der Waals surface area contributed by atoms with Crippen molar-refractivity contribution in [2.75, 3.05) is 5.75 Å². The molecule has 6 heteroatoms. The number of rotatable bonds is 3. The van der Waals surface area contributed by atoms with E-state index < -0.39 is 22.1 Å². The maximum absolute atomic E-state index is 10.00. The van der Waals surface area contributed by atoms with Gasteiger partial charge in [-0.2, -0.15) is 8.42 Å². The van der Waals surface area contributed by atoms with Gasteiger partial charge in [-0.25, -0.2) is 0 Å². The Morgan fingerprint density at radius 2 is 2.20 bits per heavy atom. The normalized spacial score (nSPS) is 15.9. The topological polar surface area (TPSA) is 87.0 Å². The molecule has 0 aliphatic rings. The average molecular weight is 167 g/mol. The Kier molecular flexibility index (Phi) is 3.48. The van der Waals surface area contributed by atoms with Crippen molar-refractivity contribution in [2.24, 2.45) is 4.99 Å². The smallest absolute Gasteiger partial charge is 0.270 e. The molecule has 0 heterocycles. The van der Waals surface area contributed by atoms with Crippen molar-refractivity contribution in [3.63, 3.8) is 0 Å². The van der Waals surface area contributed by atoms with Crippen LogP contribution in [0.5, 0.6) is 0 Å². The van der Waals surface area contributed by atoms with E-state index in [4.69, 9.17) is 9.66 Å². The zero-order valence-electron chi connectivity index (χ0n) is 5.43. The minimum absolute atomic E-state index is 0.558. The van der Waals surface area contributed by atoms with Gasteiger partial charge in [-0.05, 0) is 6.92 Å². The van der Waals surface area contributed by atoms with Crippen LogP contribution in [0, 0.1) is 0 Å². The standard InChI is InChI=1S/C4H9NO4S/c1-4(6)5-2-3-10(7,8)9/h2,4,6H,3H2,1H3,(H,7,8,9)/b5-2+. The molecule has 0 aromatic heterocycles. The molecule has 0 bridgehead atoms. The van der Waals surface area contributed by atoms with E-state index in [1.54, 1.807) is 0 Å². The average Bonchev–Trinajstić information content (AvgIpc) is 1.59. The van der Waals surface area contributed by atoms with E-state index in [0.717, 1.165) is 6.21 Å². The number of aliphatic hydroxyl groups is 1. The summed E-state index contributed by atoms with van der Waals surface area (Å²) in [6.07, 6.45) is 0.0155. The third-order valence-electron chi connectivity index (χ3n) is 0.606. The highest BCUT2D eigenvalue weighted by Crippen LogP contribution is 1.81. The molecule has 1 unspecified atom stereocenters. The van der Waals surface area contributed by atoms with Crippen molar-refractivity contribution >= 4 is 16.3 Å². The zero-order chi connectivity index (χ0) is 8.20.